The molecule has 9 heteroatoms. The van der Waals surface area contributed by atoms with Crippen LogP contribution in [0.4, 0.5) is 0 Å². The van der Waals surface area contributed by atoms with Gasteiger partial charge in [0.25, 0.3) is 5.78 Å². The molecule has 1 fully saturated rings. The number of hydrogen-bond donors (Lipinski definition) is 0. The fourth-order valence-corrected chi connectivity index (χ4v) is 5.03. The summed E-state index contributed by atoms with van der Waals surface area (Å²) in [6.07, 6.45) is 0. The van der Waals surface area contributed by atoms with Gasteiger partial charge >= 0.3 is 11.9 Å². The molecule has 0 aromatic carbocycles. The maximum Gasteiger partial charge on any atom is 0.377 e. The number of thioether (sulfide) groups is 2. The van der Waals surface area contributed by atoms with Crippen molar-refractivity contribution in [3.8, 4) is 0 Å². The third-order valence-electron chi connectivity index (χ3n) is 3.58. The quantitative estimate of drug-likeness (QED) is 0.282. The molecular weight excluding hydrogens is 364 g/mol. The van der Waals surface area contributed by atoms with Crippen LogP contribution in [0.2, 0.25) is 0 Å². The summed E-state index contributed by atoms with van der Waals surface area (Å²) in [7, 11) is 7.77. The molecule has 7 nitrogen and oxygen atoms in total. The number of rotatable bonds is 11. The summed E-state index contributed by atoms with van der Waals surface area (Å²) in [6, 6.07) is 0. The minimum atomic E-state index is -1.53. The molecule has 0 aliphatic carbocycles. The van der Waals surface area contributed by atoms with Gasteiger partial charge < -0.3 is 19.3 Å². The summed E-state index contributed by atoms with van der Waals surface area (Å²) in [5, 5.41) is -0.856. The summed E-state index contributed by atoms with van der Waals surface area (Å²) in [5.74, 6) is -0.627. The van der Waals surface area contributed by atoms with E-state index in [1.165, 1.54) is 23.5 Å². The summed E-state index contributed by atoms with van der Waals surface area (Å²) in [6.45, 7) is 3.42. The van der Waals surface area contributed by atoms with Gasteiger partial charge in [0.05, 0.1) is 6.61 Å². The Labute approximate surface area is 158 Å². The monoisotopic (exact) mass is 392 g/mol. The van der Waals surface area contributed by atoms with Gasteiger partial charge in [0, 0.05) is 30.3 Å². The van der Waals surface area contributed by atoms with Crippen LogP contribution in [0.1, 0.15) is 6.92 Å². The van der Waals surface area contributed by atoms with Crippen molar-refractivity contribution in [2.45, 2.75) is 17.8 Å². The van der Waals surface area contributed by atoms with E-state index in [1.54, 1.807) is 6.92 Å². The Hall–Kier alpha value is -0.770. The van der Waals surface area contributed by atoms with Crippen molar-refractivity contribution in [2.75, 3.05) is 65.1 Å². The van der Waals surface area contributed by atoms with Crippen LogP contribution in [0.5, 0.6) is 0 Å². The Morgan fingerprint density at radius 1 is 1.16 bits per heavy atom. The molecule has 0 saturated carbocycles. The van der Waals surface area contributed by atoms with Gasteiger partial charge in [-0.3, -0.25) is 4.79 Å². The molecule has 0 bridgehead atoms. The Morgan fingerprint density at radius 2 is 1.76 bits per heavy atom. The second-order valence-corrected chi connectivity index (χ2v) is 8.59. The van der Waals surface area contributed by atoms with Crippen LogP contribution < -0.4 is 0 Å². The molecule has 2 unspecified atom stereocenters. The first-order chi connectivity index (χ1) is 11.7. The van der Waals surface area contributed by atoms with E-state index in [0.29, 0.717) is 5.75 Å². The molecule has 1 aliphatic heterocycles. The topological polar surface area (TPSA) is 76.1 Å². The average Bonchev–Trinajstić information content (AvgIpc) is 2.77. The molecule has 1 heterocycles. The summed E-state index contributed by atoms with van der Waals surface area (Å²) < 4.78 is 10.5. The van der Waals surface area contributed by atoms with E-state index in [9.17, 15) is 14.4 Å². The van der Waals surface area contributed by atoms with Crippen molar-refractivity contribution in [2.24, 2.45) is 0 Å². The average molecular weight is 393 g/mol. The zero-order chi connectivity index (χ0) is 19.0. The smallest absolute Gasteiger partial charge is 0.377 e. The lowest BCUT2D eigenvalue weighted by molar-refractivity contribution is -0.171. The number of nitrogens with zero attached hydrogens (tertiary/aromatic N) is 2. The van der Waals surface area contributed by atoms with Gasteiger partial charge in [-0.25, -0.2) is 9.59 Å². The number of ether oxygens (including phenoxy) is 2. The van der Waals surface area contributed by atoms with Crippen molar-refractivity contribution in [1.82, 2.24) is 9.80 Å². The van der Waals surface area contributed by atoms with Crippen molar-refractivity contribution >= 4 is 41.2 Å². The van der Waals surface area contributed by atoms with Gasteiger partial charge in [0.1, 0.15) is 5.25 Å². The molecule has 0 aromatic rings. The number of hydrogen-bond acceptors (Lipinski definition) is 9. The summed E-state index contributed by atoms with van der Waals surface area (Å²) >= 11 is 2.77. The van der Waals surface area contributed by atoms with Gasteiger partial charge in [0.15, 0.2) is 0 Å². The number of esters is 2. The largest absolute Gasteiger partial charge is 0.463 e. The van der Waals surface area contributed by atoms with Crippen LogP contribution in [0.25, 0.3) is 0 Å². The van der Waals surface area contributed by atoms with Crippen LogP contribution in [0.15, 0.2) is 0 Å². The minimum absolute atomic E-state index is 0.170. The highest BCUT2D eigenvalue weighted by atomic mass is 32.2. The van der Waals surface area contributed by atoms with Crippen LogP contribution in [0.3, 0.4) is 0 Å². The van der Waals surface area contributed by atoms with Crippen molar-refractivity contribution in [3.63, 3.8) is 0 Å². The highest BCUT2D eigenvalue weighted by molar-refractivity contribution is 8.01. The predicted molar refractivity (Wildman–Crippen MR) is 101 cm³/mol. The molecule has 0 spiro atoms. The van der Waals surface area contributed by atoms with Crippen molar-refractivity contribution in [3.05, 3.63) is 0 Å². The Morgan fingerprint density at radius 3 is 2.32 bits per heavy atom. The van der Waals surface area contributed by atoms with Gasteiger partial charge in [0.2, 0.25) is 5.60 Å². The van der Waals surface area contributed by atoms with E-state index >= 15 is 0 Å². The Kier molecular flexibility index (Phi) is 9.26. The molecule has 0 aromatic heterocycles. The van der Waals surface area contributed by atoms with Gasteiger partial charge in [-0.05, 0) is 35.1 Å². The highest BCUT2D eigenvalue weighted by Crippen LogP contribution is 2.38. The number of Topliss-reactive ketones (excluding diaryl/α,β-unsaturated/α-hetero) is 1. The zero-order valence-electron chi connectivity index (χ0n) is 15.6. The fraction of sp³-hybridized carbons (Fsp3) is 0.812. The second kappa shape index (κ2) is 10.4. The molecule has 0 N–H and O–H groups in total. The van der Waals surface area contributed by atoms with E-state index in [1.807, 2.05) is 38.0 Å². The fourth-order valence-electron chi connectivity index (χ4n) is 2.19. The highest BCUT2D eigenvalue weighted by Gasteiger charge is 2.61. The first-order valence-electron chi connectivity index (χ1n) is 8.17. The molecule has 1 rings (SSSR count). The Balaban J connectivity index is 2.92. The normalized spacial score (nSPS) is 23.4. The Bertz CT molecular complexity index is 487. The van der Waals surface area contributed by atoms with Crippen LogP contribution in [0, 0.1) is 0 Å². The van der Waals surface area contributed by atoms with E-state index in [2.05, 4.69) is 0 Å². The SMILES string of the molecule is CCOC(=O)C1(CSCCN(C)C)OC(=O)C(=O)C1SCCN(C)C. The third-order valence-corrected chi connectivity index (χ3v) is 6.03. The van der Waals surface area contributed by atoms with Crippen LogP contribution >= 0.6 is 23.5 Å². The van der Waals surface area contributed by atoms with Crippen LogP contribution in [-0.4, -0.2) is 104 Å². The van der Waals surface area contributed by atoms with Gasteiger partial charge in [-0.1, -0.05) is 0 Å². The lowest BCUT2D eigenvalue weighted by atomic mass is 10.0. The molecule has 0 amide bonds. The van der Waals surface area contributed by atoms with Crippen molar-refractivity contribution in [1.29, 1.82) is 0 Å². The van der Waals surface area contributed by atoms with Gasteiger partial charge in [-0.2, -0.15) is 11.8 Å². The standard InChI is InChI=1S/C16H28N2O5S2/c1-6-22-15(21)16(11-24-9-7-17(2)3)13(12(19)14(20)23-16)25-10-8-18(4)5/h13H,6-11H2,1-5H3. The van der Waals surface area contributed by atoms with E-state index in [4.69, 9.17) is 9.47 Å². The van der Waals surface area contributed by atoms with Crippen molar-refractivity contribution < 1.29 is 23.9 Å². The predicted octanol–water partition coefficient (Wildman–Crippen LogP) is 0.372. The molecule has 0 radical (unpaired) electrons. The molecular formula is C16H28N2O5S2. The zero-order valence-corrected chi connectivity index (χ0v) is 17.2. The van der Waals surface area contributed by atoms with E-state index in [0.717, 1.165) is 18.8 Å². The lowest BCUT2D eigenvalue weighted by Gasteiger charge is -2.29. The first-order valence-corrected chi connectivity index (χ1v) is 10.4. The number of carbonyl (C=O) groups is 3. The molecule has 25 heavy (non-hydrogen) atoms. The minimum Gasteiger partial charge on any atom is -0.463 e. The molecule has 1 saturated heterocycles. The van der Waals surface area contributed by atoms with Gasteiger partial charge in [-0.15, -0.1) is 11.8 Å². The number of carbonyl (C=O) groups excluding carboxylic acids is 3. The molecule has 144 valence electrons. The van der Waals surface area contributed by atoms with E-state index in [-0.39, 0.29) is 12.4 Å². The third kappa shape index (κ3) is 6.16. The number of cyclic esters (lactones) is 1. The maximum absolute atomic E-state index is 12.6. The lowest BCUT2D eigenvalue weighted by Crippen LogP contribution is -2.51. The van der Waals surface area contributed by atoms with E-state index < -0.39 is 28.6 Å². The summed E-state index contributed by atoms with van der Waals surface area (Å²) in [5.41, 5.74) is -1.53. The maximum atomic E-state index is 12.6. The van der Waals surface area contributed by atoms with Crippen LogP contribution in [-0.2, 0) is 23.9 Å². The molecule has 2 atom stereocenters. The molecule has 1 aliphatic rings. The second-order valence-electron chi connectivity index (χ2n) is 6.27. The number of ketones is 1. The first kappa shape index (κ1) is 22.3. The summed E-state index contributed by atoms with van der Waals surface area (Å²) in [4.78, 5) is 40.8.